The number of benzene rings is 2. The van der Waals surface area contributed by atoms with Gasteiger partial charge in [0.2, 0.25) is 0 Å². The van der Waals surface area contributed by atoms with Crippen molar-refractivity contribution in [1.82, 2.24) is 4.98 Å². The van der Waals surface area contributed by atoms with E-state index >= 15 is 0 Å². The van der Waals surface area contributed by atoms with Crippen LogP contribution in [0.25, 0.3) is 0 Å². The van der Waals surface area contributed by atoms with Crippen molar-refractivity contribution in [2.75, 3.05) is 0 Å². The highest BCUT2D eigenvalue weighted by molar-refractivity contribution is 6.79. The number of aryl methyl sites for hydroxylation is 2. The minimum atomic E-state index is -0.707. The quantitative estimate of drug-likeness (QED) is 0.655. The van der Waals surface area contributed by atoms with E-state index in [-0.39, 0.29) is 0 Å². The summed E-state index contributed by atoms with van der Waals surface area (Å²) in [4.78, 5) is 3.93. The Bertz CT molecular complexity index is 837. The van der Waals surface area contributed by atoms with Gasteiger partial charge in [-0.2, -0.15) is 0 Å². The van der Waals surface area contributed by atoms with Crippen LogP contribution in [0.2, 0.25) is 10.0 Å². The van der Waals surface area contributed by atoms with Gasteiger partial charge in [-0.15, -0.1) is 0 Å². The molecule has 0 bridgehead atoms. The SMILES string of the molecule is CC(O)c1ccccn1.Cc1ccc(B(O)c2ccc(C)c(Cl)c2)cc1Cl. The number of nitrogens with zero attached hydrogens (tertiary/aromatic N) is 1. The minimum Gasteiger partial charge on any atom is -0.443 e. The number of halogens is 2. The second-order valence-corrected chi connectivity index (χ2v) is 7.16. The largest absolute Gasteiger partial charge is 0.443 e. The first-order chi connectivity index (χ1) is 12.8. The Kier molecular flexibility index (Phi) is 7.87. The molecule has 1 atom stereocenters. The predicted octanol–water partition coefficient (Wildman–Crippen LogP) is 3.84. The van der Waals surface area contributed by atoms with Gasteiger partial charge in [-0.25, -0.2) is 0 Å². The van der Waals surface area contributed by atoms with Crippen molar-refractivity contribution in [2.24, 2.45) is 0 Å². The highest BCUT2D eigenvalue weighted by Gasteiger charge is 2.18. The molecule has 0 spiro atoms. The van der Waals surface area contributed by atoms with Crippen molar-refractivity contribution in [3.8, 4) is 0 Å². The molecule has 0 amide bonds. The van der Waals surface area contributed by atoms with Gasteiger partial charge in [-0.05, 0) is 67.1 Å². The molecule has 2 aromatic carbocycles. The summed E-state index contributed by atoms with van der Waals surface area (Å²) in [6.45, 7) is 4.85. The predicted molar refractivity (Wildman–Crippen MR) is 114 cm³/mol. The zero-order chi connectivity index (χ0) is 20.0. The Morgan fingerprint density at radius 2 is 1.41 bits per heavy atom. The van der Waals surface area contributed by atoms with E-state index in [9.17, 15) is 5.02 Å². The molecule has 27 heavy (non-hydrogen) atoms. The number of rotatable bonds is 3. The van der Waals surface area contributed by atoms with Gasteiger partial charge in [0.1, 0.15) is 0 Å². The van der Waals surface area contributed by atoms with E-state index in [1.54, 1.807) is 31.3 Å². The summed E-state index contributed by atoms with van der Waals surface area (Å²) < 4.78 is 0. The molecule has 1 unspecified atom stereocenters. The first-order valence-electron chi connectivity index (χ1n) is 8.58. The normalized spacial score (nSPS) is 11.4. The maximum absolute atomic E-state index is 10.3. The van der Waals surface area contributed by atoms with E-state index in [1.807, 2.05) is 50.2 Å². The maximum Gasteiger partial charge on any atom is 0.359 e. The summed E-state index contributed by atoms with van der Waals surface area (Å²) in [6.07, 6.45) is 1.22. The van der Waals surface area contributed by atoms with E-state index in [4.69, 9.17) is 28.3 Å². The summed E-state index contributed by atoms with van der Waals surface area (Å²) in [5.74, 6) is 0. The first-order valence-corrected chi connectivity index (χ1v) is 9.34. The lowest BCUT2D eigenvalue weighted by Gasteiger charge is -2.10. The molecular formula is C21H22BCl2NO2. The Labute approximate surface area is 170 Å². The molecule has 0 aliphatic carbocycles. The lowest BCUT2D eigenvalue weighted by molar-refractivity contribution is 0.194. The zero-order valence-electron chi connectivity index (χ0n) is 15.5. The average molecular weight is 402 g/mol. The lowest BCUT2D eigenvalue weighted by atomic mass is 9.56. The van der Waals surface area contributed by atoms with Crippen molar-refractivity contribution in [3.63, 3.8) is 0 Å². The Hall–Kier alpha value is -1.85. The standard InChI is InChI=1S/C14H13BCl2O.C7H9NO/c1-9-3-5-11(7-13(9)16)15(18)12-6-4-10(2)14(17)8-12;1-6(9)7-4-2-3-5-8-7/h3-8,18H,1-2H3;2-6,9H,1H3. The Morgan fingerprint density at radius 3 is 1.74 bits per heavy atom. The van der Waals surface area contributed by atoms with Crippen LogP contribution in [-0.4, -0.2) is 22.0 Å². The van der Waals surface area contributed by atoms with Crippen LogP contribution in [0.15, 0.2) is 60.8 Å². The summed E-state index contributed by atoms with van der Waals surface area (Å²) >= 11 is 12.1. The highest BCUT2D eigenvalue weighted by Crippen LogP contribution is 2.14. The minimum absolute atomic E-state index is 0.453. The smallest absolute Gasteiger partial charge is 0.359 e. The molecule has 1 heterocycles. The zero-order valence-corrected chi connectivity index (χ0v) is 17.0. The van der Waals surface area contributed by atoms with E-state index in [0.717, 1.165) is 27.7 Å². The number of hydrogen-bond acceptors (Lipinski definition) is 3. The van der Waals surface area contributed by atoms with Crippen molar-refractivity contribution >= 4 is 41.0 Å². The number of aliphatic hydroxyl groups excluding tert-OH is 1. The summed E-state index contributed by atoms with van der Waals surface area (Å²) in [6, 6.07) is 16.6. The average Bonchev–Trinajstić information content (AvgIpc) is 2.67. The molecule has 3 nitrogen and oxygen atoms in total. The Morgan fingerprint density at radius 1 is 0.889 bits per heavy atom. The molecule has 0 saturated heterocycles. The van der Waals surface area contributed by atoms with Crippen LogP contribution in [-0.2, 0) is 0 Å². The number of aromatic nitrogens is 1. The summed E-state index contributed by atoms with van der Waals surface area (Å²) in [5.41, 5.74) is 4.25. The van der Waals surface area contributed by atoms with Gasteiger partial charge in [0.25, 0.3) is 0 Å². The molecular weight excluding hydrogens is 380 g/mol. The fraction of sp³-hybridized carbons (Fsp3) is 0.190. The van der Waals surface area contributed by atoms with Crippen LogP contribution < -0.4 is 10.9 Å². The molecule has 0 aliphatic rings. The van der Waals surface area contributed by atoms with Crippen LogP contribution in [0.5, 0.6) is 0 Å². The molecule has 0 aliphatic heterocycles. The van der Waals surface area contributed by atoms with Gasteiger partial charge in [-0.3, -0.25) is 4.98 Å². The van der Waals surface area contributed by atoms with Gasteiger partial charge in [0.05, 0.1) is 11.8 Å². The van der Waals surface area contributed by atoms with Crippen LogP contribution >= 0.6 is 23.2 Å². The van der Waals surface area contributed by atoms with E-state index < -0.39 is 13.0 Å². The second-order valence-electron chi connectivity index (χ2n) is 6.35. The molecule has 0 fully saturated rings. The van der Waals surface area contributed by atoms with Gasteiger partial charge in [-0.1, -0.05) is 53.5 Å². The van der Waals surface area contributed by atoms with Crippen molar-refractivity contribution in [3.05, 3.63) is 87.7 Å². The highest BCUT2D eigenvalue weighted by atomic mass is 35.5. The number of hydrogen-bond donors (Lipinski definition) is 2. The first kappa shape index (κ1) is 21.5. The van der Waals surface area contributed by atoms with E-state index in [2.05, 4.69) is 4.98 Å². The maximum atomic E-state index is 10.3. The van der Waals surface area contributed by atoms with E-state index in [0.29, 0.717) is 10.0 Å². The van der Waals surface area contributed by atoms with Crippen LogP contribution in [0.1, 0.15) is 29.8 Å². The number of pyridine rings is 1. The topological polar surface area (TPSA) is 53.4 Å². The molecule has 3 aromatic rings. The number of aliphatic hydroxyl groups is 1. The lowest BCUT2D eigenvalue weighted by Crippen LogP contribution is -2.42. The van der Waals surface area contributed by atoms with Crippen LogP contribution in [0.3, 0.4) is 0 Å². The van der Waals surface area contributed by atoms with Crippen molar-refractivity contribution in [2.45, 2.75) is 26.9 Å². The van der Waals surface area contributed by atoms with Gasteiger partial charge >= 0.3 is 6.92 Å². The summed E-state index contributed by atoms with van der Waals surface area (Å²) in [7, 11) is 0. The van der Waals surface area contributed by atoms with Crippen molar-refractivity contribution < 1.29 is 10.1 Å². The molecule has 6 heteroatoms. The molecule has 1 aromatic heterocycles. The van der Waals surface area contributed by atoms with E-state index in [1.165, 1.54) is 0 Å². The monoisotopic (exact) mass is 401 g/mol. The van der Waals surface area contributed by atoms with Crippen LogP contribution in [0, 0.1) is 13.8 Å². The molecule has 2 N–H and O–H groups in total. The summed E-state index contributed by atoms with van der Waals surface area (Å²) in [5, 5.41) is 20.6. The molecule has 140 valence electrons. The second kappa shape index (κ2) is 9.91. The third kappa shape index (κ3) is 6.08. The molecule has 0 radical (unpaired) electrons. The van der Waals surface area contributed by atoms with Crippen molar-refractivity contribution in [1.29, 1.82) is 0 Å². The fourth-order valence-electron chi connectivity index (χ4n) is 2.37. The van der Waals surface area contributed by atoms with Gasteiger partial charge < -0.3 is 10.1 Å². The van der Waals surface area contributed by atoms with Gasteiger partial charge in [0, 0.05) is 16.2 Å². The Balaban J connectivity index is 0.000000244. The third-order valence-corrected chi connectivity index (χ3v) is 4.95. The van der Waals surface area contributed by atoms with Gasteiger partial charge in [0.15, 0.2) is 0 Å². The van der Waals surface area contributed by atoms with Crippen LogP contribution in [0.4, 0.5) is 0 Å². The molecule has 0 saturated carbocycles. The molecule has 3 rings (SSSR count). The fourth-order valence-corrected chi connectivity index (χ4v) is 2.75. The third-order valence-electron chi connectivity index (χ3n) is 4.14.